The van der Waals surface area contributed by atoms with E-state index in [1.807, 2.05) is 0 Å². The van der Waals surface area contributed by atoms with E-state index in [1.165, 1.54) is 36.3 Å². The molecule has 0 bridgehead atoms. The van der Waals surface area contributed by atoms with Gasteiger partial charge in [-0.25, -0.2) is 18.5 Å². The standard InChI is InChI=1S/C26H23N3O8S/c1-35-19-7-3-17(4-8-19)25(31)28(14-16-2-11-22-23(12-16)37-15-36-22)21-13-24(30)29(26(21)32)18-5-9-20(10-6-18)38(27,33)34/h2-12,21H,13-15H2,1H3,(H2,27,33,34). The van der Waals surface area contributed by atoms with Crippen LogP contribution in [-0.4, -0.2) is 51.0 Å². The first-order valence-electron chi connectivity index (χ1n) is 11.5. The van der Waals surface area contributed by atoms with Crippen molar-refractivity contribution in [3.05, 3.63) is 77.9 Å². The predicted molar refractivity (Wildman–Crippen MR) is 134 cm³/mol. The zero-order chi connectivity index (χ0) is 27.0. The molecule has 0 aromatic heterocycles. The minimum atomic E-state index is -3.95. The van der Waals surface area contributed by atoms with E-state index in [2.05, 4.69) is 0 Å². The smallest absolute Gasteiger partial charge is 0.257 e. The van der Waals surface area contributed by atoms with Gasteiger partial charge in [0.15, 0.2) is 11.5 Å². The number of anilines is 1. The average molecular weight is 538 g/mol. The van der Waals surface area contributed by atoms with Gasteiger partial charge in [-0.05, 0) is 66.2 Å². The lowest BCUT2D eigenvalue weighted by Gasteiger charge is -2.28. The number of carbonyl (C=O) groups excluding carboxylic acids is 3. The first kappa shape index (κ1) is 25.2. The van der Waals surface area contributed by atoms with Crippen LogP contribution in [0, 0.1) is 0 Å². The zero-order valence-corrected chi connectivity index (χ0v) is 21.0. The summed E-state index contributed by atoms with van der Waals surface area (Å²) in [5.74, 6) is 0.0586. The number of amides is 3. The van der Waals surface area contributed by atoms with Crippen molar-refractivity contribution in [2.45, 2.75) is 23.9 Å². The Hall–Kier alpha value is -4.42. The highest BCUT2D eigenvalue weighted by molar-refractivity contribution is 7.89. The molecule has 1 fully saturated rings. The fourth-order valence-electron chi connectivity index (χ4n) is 4.37. The average Bonchev–Trinajstić information content (AvgIpc) is 3.49. The molecule has 2 aliphatic heterocycles. The second-order valence-electron chi connectivity index (χ2n) is 8.68. The molecule has 2 heterocycles. The SMILES string of the molecule is COc1ccc(C(=O)N(Cc2ccc3c(c2)OCO3)C2CC(=O)N(c3ccc(S(N)(=O)=O)cc3)C2=O)cc1. The van der Waals surface area contributed by atoms with Gasteiger partial charge in [0.25, 0.3) is 11.8 Å². The second-order valence-corrected chi connectivity index (χ2v) is 10.2. The number of nitrogens with two attached hydrogens (primary N) is 1. The van der Waals surface area contributed by atoms with Gasteiger partial charge in [0.05, 0.1) is 24.1 Å². The minimum Gasteiger partial charge on any atom is -0.497 e. The normalized spacial score (nSPS) is 16.6. The molecule has 0 aliphatic carbocycles. The predicted octanol–water partition coefficient (Wildman–Crippen LogP) is 2.05. The summed E-state index contributed by atoms with van der Waals surface area (Å²) in [5.41, 5.74) is 1.16. The number of sulfonamides is 1. The van der Waals surface area contributed by atoms with Crippen LogP contribution in [0.4, 0.5) is 5.69 Å². The number of ether oxygens (including phenoxy) is 3. The first-order valence-corrected chi connectivity index (χ1v) is 13.0. The van der Waals surface area contributed by atoms with Crippen molar-refractivity contribution in [2.24, 2.45) is 5.14 Å². The summed E-state index contributed by atoms with van der Waals surface area (Å²) in [4.78, 5) is 42.4. The van der Waals surface area contributed by atoms with Gasteiger partial charge in [0, 0.05) is 12.1 Å². The largest absolute Gasteiger partial charge is 0.497 e. The number of carbonyl (C=O) groups is 3. The molecule has 11 nitrogen and oxygen atoms in total. The highest BCUT2D eigenvalue weighted by Crippen LogP contribution is 2.34. The van der Waals surface area contributed by atoms with Crippen LogP contribution in [0.2, 0.25) is 0 Å². The molecule has 1 unspecified atom stereocenters. The molecular weight excluding hydrogens is 514 g/mol. The van der Waals surface area contributed by atoms with Crippen molar-refractivity contribution in [1.82, 2.24) is 4.90 Å². The lowest BCUT2D eigenvalue weighted by Crippen LogP contribution is -2.45. The highest BCUT2D eigenvalue weighted by atomic mass is 32.2. The number of nitrogens with zero attached hydrogens (tertiary/aromatic N) is 2. The van der Waals surface area contributed by atoms with E-state index in [4.69, 9.17) is 19.3 Å². The lowest BCUT2D eigenvalue weighted by atomic mass is 10.1. The Bertz CT molecular complexity index is 1520. The topological polar surface area (TPSA) is 146 Å². The molecule has 3 aromatic carbocycles. The van der Waals surface area contributed by atoms with Crippen molar-refractivity contribution >= 4 is 33.4 Å². The molecule has 12 heteroatoms. The number of primary sulfonamides is 1. The van der Waals surface area contributed by atoms with Gasteiger partial charge in [-0.1, -0.05) is 6.07 Å². The van der Waals surface area contributed by atoms with E-state index in [0.717, 1.165) is 4.90 Å². The van der Waals surface area contributed by atoms with Gasteiger partial charge in [0.2, 0.25) is 22.7 Å². The van der Waals surface area contributed by atoms with E-state index >= 15 is 0 Å². The zero-order valence-electron chi connectivity index (χ0n) is 20.2. The molecule has 3 aromatic rings. The Labute approximate surface area is 218 Å². The molecule has 0 saturated carbocycles. The van der Waals surface area contributed by atoms with Crippen molar-refractivity contribution in [3.8, 4) is 17.2 Å². The van der Waals surface area contributed by atoms with Gasteiger partial charge >= 0.3 is 0 Å². The van der Waals surface area contributed by atoms with Gasteiger partial charge in [0.1, 0.15) is 11.8 Å². The molecule has 0 radical (unpaired) electrons. The van der Waals surface area contributed by atoms with Crippen LogP contribution in [0.3, 0.4) is 0 Å². The van der Waals surface area contributed by atoms with E-state index in [-0.39, 0.29) is 30.3 Å². The van der Waals surface area contributed by atoms with Crippen molar-refractivity contribution in [2.75, 3.05) is 18.8 Å². The lowest BCUT2D eigenvalue weighted by molar-refractivity contribution is -0.122. The summed E-state index contributed by atoms with van der Waals surface area (Å²) in [5, 5.41) is 5.15. The number of imide groups is 1. The molecule has 2 aliphatic rings. The molecule has 1 atom stereocenters. The highest BCUT2D eigenvalue weighted by Gasteiger charge is 2.44. The molecule has 1 saturated heterocycles. The van der Waals surface area contributed by atoms with Crippen LogP contribution >= 0.6 is 0 Å². The minimum absolute atomic E-state index is 0.0172. The maximum atomic E-state index is 13.7. The first-order chi connectivity index (χ1) is 18.2. The Kier molecular flexibility index (Phi) is 6.51. The third kappa shape index (κ3) is 4.78. The van der Waals surface area contributed by atoms with Gasteiger partial charge in [-0.15, -0.1) is 0 Å². The molecule has 5 rings (SSSR count). The fraction of sp³-hybridized carbons (Fsp3) is 0.192. The van der Waals surface area contributed by atoms with Crippen LogP contribution in [0.15, 0.2) is 71.6 Å². The van der Waals surface area contributed by atoms with Crippen molar-refractivity contribution < 1.29 is 37.0 Å². The van der Waals surface area contributed by atoms with Gasteiger partial charge in [-0.3, -0.25) is 14.4 Å². The number of hydrogen-bond donors (Lipinski definition) is 1. The van der Waals surface area contributed by atoms with E-state index in [9.17, 15) is 22.8 Å². The number of rotatable bonds is 7. The third-order valence-corrected chi connectivity index (χ3v) is 7.24. The van der Waals surface area contributed by atoms with Crippen molar-refractivity contribution in [1.29, 1.82) is 0 Å². The number of fused-ring (bicyclic) bond motifs is 1. The molecule has 196 valence electrons. The number of methoxy groups -OCH3 is 1. The fourth-order valence-corrected chi connectivity index (χ4v) is 4.89. The van der Waals surface area contributed by atoms with Crippen molar-refractivity contribution in [3.63, 3.8) is 0 Å². The summed E-state index contributed by atoms with van der Waals surface area (Å²) in [7, 11) is -2.44. The summed E-state index contributed by atoms with van der Waals surface area (Å²) < 4.78 is 39.1. The van der Waals surface area contributed by atoms with Crippen LogP contribution in [0.1, 0.15) is 22.3 Å². The van der Waals surface area contributed by atoms with Crippen LogP contribution in [0.5, 0.6) is 17.2 Å². The summed E-state index contributed by atoms with van der Waals surface area (Å²) in [6.45, 7) is 0.103. The van der Waals surface area contributed by atoms with Gasteiger partial charge < -0.3 is 19.1 Å². The van der Waals surface area contributed by atoms with E-state index < -0.39 is 33.8 Å². The molecule has 2 N–H and O–H groups in total. The quantitative estimate of drug-likeness (QED) is 0.451. The Morgan fingerprint density at radius 1 is 1.03 bits per heavy atom. The Morgan fingerprint density at radius 2 is 1.71 bits per heavy atom. The maximum absolute atomic E-state index is 13.7. The second kappa shape index (κ2) is 9.80. The third-order valence-electron chi connectivity index (χ3n) is 6.31. The molecule has 0 spiro atoms. The van der Waals surface area contributed by atoms with Crippen LogP contribution in [-0.2, 0) is 26.2 Å². The summed E-state index contributed by atoms with van der Waals surface area (Å²) in [6, 6.07) is 15.6. The molecule has 38 heavy (non-hydrogen) atoms. The van der Waals surface area contributed by atoms with E-state index in [0.29, 0.717) is 28.4 Å². The van der Waals surface area contributed by atoms with Gasteiger partial charge in [-0.2, -0.15) is 0 Å². The number of benzene rings is 3. The summed E-state index contributed by atoms with van der Waals surface area (Å²) in [6.07, 6.45) is -0.248. The maximum Gasteiger partial charge on any atom is 0.257 e. The van der Waals surface area contributed by atoms with Crippen LogP contribution < -0.4 is 24.2 Å². The van der Waals surface area contributed by atoms with Crippen LogP contribution in [0.25, 0.3) is 0 Å². The summed E-state index contributed by atoms with van der Waals surface area (Å²) >= 11 is 0. The Balaban J connectivity index is 1.47. The molecular formula is C26H23N3O8S. The number of hydrogen-bond acceptors (Lipinski definition) is 8. The Morgan fingerprint density at radius 3 is 2.37 bits per heavy atom. The monoisotopic (exact) mass is 537 g/mol. The van der Waals surface area contributed by atoms with E-state index in [1.54, 1.807) is 42.5 Å². The molecule has 3 amide bonds.